The molecule has 0 unspecified atom stereocenters. The molecule has 1 aliphatic carbocycles. The van der Waals surface area contributed by atoms with Gasteiger partial charge in [0.15, 0.2) is 0 Å². The van der Waals surface area contributed by atoms with E-state index in [0.29, 0.717) is 57.9 Å². The molecule has 0 bridgehead atoms. The summed E-state index contributed by atoms with van der Waals surface area (Å²) in [4.78, 5) is 9.05. The number of anilines is 2. The molecule has 1 saturated carbocycles. The maximum absolute atomic E-state index is 13.8. The lowest BCUT2D eigenvalue weighted by Gasteiger charge is -2.23. The van der Waals surface area contributed by atoms with E-state index in [1.807, 2.05) is 32.0 Å². The van der Waals surface area contributed by atoms with E-state index in [2.05, 4.69) is 57.8 Å². The Morgan fingerprint density at radius 3 is 2.58 bits per heavy atom. The fourth-order valence-corrected chi connectivity index (χ4v) is 5.02. The summed E-state index contributed by atoms with van der Waals surface area (Å²) in [6, 6.07) is 9.15. The maximum atomic E-state index is 13.8. The number of aromatic nitrogens is 5. The van der Waals surface area contributed by atoms with Crippen LogP contribution in [-0.2, 0) is 5.54 Å². The number of nitriles is 1. The van der Waals surface area contributed by atoms with E-state index in [4.69, 9.17) is 11.6 Å². The van der Waals surface area contributed by atoms with Gasteiger partial charge in [0.25, 0.3) is 6.43 Å². The highest BCUT2D eigenvalue weighted by Crippen LogP contribution is 2.48. The Morgan fingerprint density at radius 1 is 1.20 bits per heavy atom. The second-order valence-electron chi connectivity index (χ2n) is 11.6. The normalized spacial score (nSPS) is 15.2. The molecule has 3 aromatic heterocycles. The van der Waals surface area contributed by atoms with Crippen LogP contribution >= 0.6 is 11.6 Å². The van der Waals surface area contributed by atoms with Crippen LogP contribution in [0.5, 0.6) is 0 Å². The highest BCUT2D eigenvalue weighted by Gasteiger charge is 2.54. The molecular formula is C29H31ClF2N8. The van der Waals surface area contributed by atoms with E-state index in [9.17, 15) is 14.0 Å². The topological polar surface area (TPSA) is 104 Å². The zero-order chi connectivity index (χ0) is 28.8. The van der Waals surface area contributed by atoms with Gasteiger partial charge in [-0.1, -0.05) is 43.7 Å². The Bertz CT molecular complexity index is 1620. The molecule has 2 N–H and O–H groups in total. The van der Waals surface area contributed by atoms with Crippen LogP contribution in [0.1, 0.15) is 67.9 Å². The molecule has 5 rings (SSSR count). The van der Waals surface area contributed by atoms with E-state index in [-0.39, 0.29) is 5.41 Å². The van der Waals surface area contributed by atoms with Crippen molar-refractivity contribution >= 4 is 33.9 Å². The molecule has 1 fully saturated rings. The van der Waals surface area contributed by atoms with Crippen molar-refractivity contribution in [2.45, 2.75) is 65.5 Å². The van der Waals surface area contributed by atoms with Gasteiger partial charge in [-0.05, 0) is 50.3 Å². The first kappa shape index (κ1) is 27.7. The van der Waals surface area contributed by atoms with Crippen LogP contribution in [0.3, 0.4) is 0 Å². The zero-order valence-electron chi connectivity index (χ0n) is 23.1. The molecule has 4 aromatic rings. The number of nitrogens with one attached hydrogen (secondary N) is 2. The number of pyridine rings is 2. The Kier molecular flexibility index (Phi) is 7.13. The lowest BCUT2D eigenvalue weighted by Crippen LogP contribution is -2.26. The van der Waals surface area contributed by atoms with Gasteiger partial charge in [0.05, 0.1) is 34.0 Å². The minimum absolute atomic E-state index is 0.0357. The first-order valence-electron chi connectivity index (χ1n) is 13.1. The summed E-state index contributed by atoms with van der Waals surface area (Å²) < 4.78 is 28.9. The highest BCUT2D eigenvalue weighted by atomic mass is 35.5. The van der Waals surface area contributed by atoms with Crippen LogP contribution in [0.4, 0.5) is 20.2 Å². The minimum Gasteiger partial charge on any atom is -0.383 e. The second-order valence-corrected chi connectivity index (χ2v) is 12.0. The van der Waals surface area contributed by atoms with Crippen molar-refractivity contribution in [1.29, 1.82) is 5.26 Å². The molecule has 0 spiro atoms. The number of nitrogens with zero attached hydrogens (tertiary/aromatic N) is 6. The van der Waals surface area contributed by atoms with Crippen LogP contribution < -0.4 is 10.6 Å². The molecule has 0 radical (unpaired) electrons. The van der Waals surface area contributed by atoms with Crippen molar-refractivity contribution < 1.29 is 8.78 Å². The predicted molar refractivity (Wildman–Crippen MR) is 152 cm³/mol. The van der Waals surface area contributed by atoms with Crippen LogP contribution in [0, 0.1) is 30.6 Å². The third-order valence-electron chi connectivity index (χ3n) is 7.16. The fourth-order valence-electron chi connectivity index (χ4n) is 4.75. The lowest BCUT2D eigenvalue weighted by atomic mass is 9.96. The predicted octanol–water partition coefficient (Wildman–Crippen LogP) is 6.78. The van der Waals surface area contributed by atoms with Crippen molar-refractivity contribution in [3.8, 4) is 6.07 Å². The van der Waals surface area contributed by atoms with Crippen molar-refractivity contribution in [1.82, 2.24) is 25.0 Å². The molecule has 40 heavy (non-hydrogen) atoms. The van der Waals surface area contributed by atoms with Crippen molar-refractivity contribution in [2.75, 3.05) is 17.2 Å². The number of halogens is 3. The maximum Gasteiger partial charge on any atom is 0.263 e. The quantitative estimate of drug-likeness (QED) is 0.243. The third-order valence-corrected chi connectivity index (χ3v) is 7.45. The Labute approximate surface area is 236 Å². The van der Waals surface area contributed by atoms with Crippen LogP contribution in [0.25, 0.3) is 10.9 Å². The molecular weight excluding hydrogens is 534 g/mol. The summed E-state index contributed by atoms with van der Waals surface area (Å²) >= 11 is 6.71. The van der Waals surface area contributed by atoms with E-state index in [1.165, 1.54) is 10.9 Å². The van der Waals surface area contributed by atoms with Crippen LogP contribution in [-0.4, -0.2) is 37.9 Å². The molecule has 8 nitrogen and oxygen atoms in total. The first-order chi connectivity index (χ1) is 18.9. The SMILES string of the molecule is Cc1ccc([C@H](Nc2cc(Cl)c3ncc(C#N)c(NCC(C)(C)C)c3c2)c2cn(C3(C(F)F)CC3)nn2)c(C)n1. The van der Waals surface area contributed by atoms with Crippen molar-refractivity contribution in [3.63, 3.8) is 0 Å². The molecule has 0 saturated heterocycles. The highest BCUT2D eigenvalue weighted by molar-refractivity contribution is 6.35. The molecule has 208 valence electrons. The number of hydrogen-bond acceptors (Lipinski definition) is 7. The monoisotopic (exact) mass is 564 g/mol. The molecule has 0 amide bonds. The molecule has 1 aliphatic rings. The van der Waals surface area contributed by atoms with Gasteiger partial charge >= 0.3 is 0 Å². The Balaban J connectivity index is 1.60. The van der Waals surface area contributed by atoms with E-state index in [1.54, 1.807) is 12.3 Å². The van der Waals surface area contributed by atoms with Gasteiger partial charge in [-0.15, -0.1) is 5.10 Å². The second kappa shape index (κ2) is 10.3. The van der Waals surface area contributed by atoms with Gasteiger partial charge in [0, 0.05) is 40.8 Å². The molecule has 1 aromatic carbocycles. The van der Waals surface area contributed by atoms with Crippen LogP contribution in [0.15, 0.2) is 36.7 Å². The molecule has 1 atom stereocenters. The number of rotatable bonds is 8. The van der Waals surface area contributed by atoms with Gasteiger partial charge in [-0.2, -0.15) is 5.26 Å². The molecule has 11 heteroatoms. The van der Waals surface area contributed by atoms with Crippen LogP contribution in [0.2, 0.25) is 5.02 Å². The van der Waals surface area contributed by atoms with Gasteiger partial charge in [0.2, 0.25) is 0 Å². The van der Waals surface area contributed by atoms with Gasteiger partial charge in [-0.3, -0.25) is 9.97 Å². The summed E-state index contributed by atoms with van der Waals surface area (Å²) in [5, 5.41) is 26.2. The summed E-state index contributed by atoms with van der Waals surface area (Å²) in [6.07, 6.45) is 1.29. The first-order valence-corrected chi connectivity index (χ1v) is 13.5. The Morgan fingerprint density at radius 2 is 1.95 bits per heavy atom. The van der Waals surface area contributed by atoms with Crippen molar-refractivity contribution in [2.24, 2.45) is 5.41 Å². The standard InChI is InChI=1S/C29H31ClF2N8/c1-16-6-7-20(17(2)36-16)26(23-14-40(39-38-23)29(8-9-29)27(31)32)37-19-10-21-24(35-15-28(3,4)5)18(12-33)13-34-25(21)22(30)11-19/h6-7,10-11,13-14,26-27,37H,8-9,15H2,1-5H3,(H,34,35)/t26-/m0/s1. The minimum atomic E-state index is -2.53. The number of alkyl halides is 2. The largest absolute Gasteiger partial charge is 0.383 e. The summed E-state index contributed by atoms with van der Waals surface area (Å²) in [6.45, 7) is 10.7. The van der Waals surface area contributed by atoms with Gasteiger partial charge < -0.3 is 10.6 Å². The smallest absolute Gasteiger partial charge is 0.263 e. The average Bonchev–Trinajstić information content (AvgIpc) is 3.56. The lowest BCUT2D eigenvalue weighted by molar-refractivity contribution is 0.0593. The average molecular weight is 565 g/mol. The molecule has 0 aliphatic heterocycles. The summed E-state index contributed by atoms with van der Waals surface area (Å²) in [5.74, 6) is 0. The number of aryl methyl sites for hydroxylation is 2. The summed E-state index contributed by atoms with van der Waals surface area (Å²) in [5.41, 5.74) is 3.86. The number of fused-ring (bicyclic) bond motifs is 1. The van der Waals surface area contributed by atoms with E-state index >= 15 is 0 Å². The third kappa shape index (κ3) is 5.30. The Hall–Kier alpha value is -3.84. The van der Waals surface area contributed by atoms with Gasteiger partial charge in [0.1, 0.15) is 17.3 Å². The fraction of sp³-hybridized carbons (Fsp3) is 0.414. The molecule has 3 heterocycles. The zero-order valence-corrected chi connectivity index (χ0v) is 23.8. The van der Waals surface area contributed by atoms with Gasteiger partial charge in [-0.25, -0.2) is 13.5 Å². The van der Waals surface area contributed by atoms with E-state index < -0.39 is 18.0 Å². The van der Waals surface area contributed by atoms with E-state index in [0.717, 1.165) is 17.0 Å². The number of hydrogen-bond donors (Lipinski definition) is 2. The van der Waals surface area contributed by atoms with Crippen molar-refractivity contribution in [3.05, 3.63) is 69.9 Å². The number of benzene rings is 1. The summed E-state index contributed by atoms with van der Waals surface area (Å²) in [7, 11) is 0.